The van der Waals surface area contributed by atoms with Crippen molar-refractivity contribution in [3.05, 3.63) is 53.3 Å². The number of rotatable bonds is 6. The fraction of sp³-hybridized carbons (Fsp3) is 0.263. The van der Waals surface area contributed by atoms with E-state index in [9.17, 15) is 0 Å². The van der Waals surface area contributed by atoms with Crippen LogP contribution in [0.3, 0.4) is 0 Å². The monoisotopic (exact) mass is 357 g/mol. The van der Waals surface area contributed by atoms with Crippen LogP contribution < -0.4 is 14.4 Å². The molecule has 0 aliphatic heterocycles. The molecule has 0 bridgehead atoms. The van der Waals surface area contributed by atoms with Crippen LogP contribution in [0, 0.1) is 0 Å². The Balaban J connectivity index is 2.12. The summed E-state index contributed by atoms with van der Waals surface area (Å²) >= 11 is 6.18. The molecule has 0 unspecified atom stereocenters. The quantitative estimate of drug-likeness (QED) is 0.614. The Bertz CT molecular complexity index is 871. The molecule has 0 N–H and O–H groups in total. The van der Waals surface area contributed by atoms with E-state index in [1.54, 1.807) is 14.2 Å². The van der Waals surface area contributed by atoms with Crippen LogP contribution >= 0.6 is 11.6 Å². The highest BCUT2D eigenvalue weighted by Crippen LogP contribution is 2.36. The lowest BCUT2D eigenvalue weighted by atomic mass is 10.1. The Hall–Kier alpha value is -2.53. The first kappa shape index (κ1) is 17.3. The molecule has 25 heavy (non-hydrogen) atoms. The Morgan fingerprint density at radius 1 is 1.00 bits per heavy atom. The molecule has 0 aliphatic rings. The van der Waals surface area contributed by atoms with E-state index in [-0.39, 0.29) is 5.28 Å². The number of fused-ring (bicyclic) bond motifs is 1. The summed E-state index contributed by atoms with van der Waals surface area (Å²) in [5.41, 5.74) is 1.92. The van der Waals surface area contributed by atoms with E-state index in [4.69, 9.17) is 21.1 Å². The van der Waals surface area contributed by atoms with Crippen molar-refractivity contribution in [2.45, 2.75) is 13.5 Å². The summed E-state index contributed by atoms with van der Waals surface area (Å²) in [6, 6.07) is 14.0. The number of methoxy groups -OCH3 is 2. The van der Waals surface area contributed by atoms with Crippen molar-refractivity contribution < 1.29 is 9.47 Å². The number of aromatic nitrogens is 2. The zero-order valence-corrected chi connectivity index (χ0v) is 15.2. The third-order valence-electron chi connectivity index (χ3n) is 4.05. The van der Waals surface area contributed by atoms with Crippen molar-refractivity contribution >= 4 is 28.3 Å². The Labute approximate surface area is 152 Å². The van der Waals surface area contributed by atoms with E-state index in [0.717, 1.165) is 29.8 Å². The lowest BCUT2D eigenvalue weighted by Crippen LogP contribution is -2.23. The Morgan fingerprint density at radius 3 is 2.32 bits per heavy atom. The molecule has 130 valence electrons. The summed E-state index contributed by atoms with van der Waals surface area (Å²) in [6.45, 7) is 3.60. The van der Waals surface area contributed by atoms with Gasteiger partial charge in [0.25, 0.3) is 0 Å². The van der Waals surface area contributed by atoms with Gasteiger partial charge in [-0.05, 0) is 30.2 Å². The highest BCUT2D eigenvalue weighted by molar-refractivity contribution is 6.28. The topological polar surface area (TPSA) is 47.5 Å². The fourth-order valence-corrected chi connectivity index (χ4v) is 2.96. The Kier molecular flexibility index (Phi) is 5.24. The number of benzene rings is 2. The van der Waals surface area contributed by atoms with Crippen LogP contribution in [-0.2, 0) is 6.54 Å². The van der Waals surface area contributed by atoms with Gasteiger partial charge < -0.3 is 14.4 Å². The molecule has 0 radical (unpaired) electrons. The van der Waals surface area contributed by atoms with Crippen LogP contribution in [0.25, 0.3) is 10.9 Å². The highest BCUT2D eigenvalue weighted by Gasteiger charge is 2.17. The summed E-state index contributed by atoms with van der Waals surface area (Å²) in [7, 11) is 3.21. The molecule has 3 rings (SSSR count). The van der Waals surface area contributed by atoms with E-state index in [1.807, 2.05) is 30.3 Å². The van der Waals surface area contributed by atoms with E-state index < -0.39 is 0 Å². The summed E-state index contributed by atoms with van der Waals surface area (Å²) in [4.78, 5) is 11.0. The van der Waals surface area contributed by atoms with E-state index in [1.165, 1.54) is 5.56 Å². The molecule has 6 heteroatoms. The molecule has 1 aromatic heterocycles. The number of nitrogens with zero attached hydrogens (tertiary/aromatic N) is 3. The normalized spacial score (nSPS) is 10.7. The van der Waals surface area contributed by atoms with E-state index in [0.29, 0.717) is 11.5 Å². The van der Waals surface area contributed by atoms with Gasteiger partial charge in [-0.3, -0.25) is 0 Å². The minimum absolute atomic E-state index is 0.209. The van der Waals surface area contributed by atoms with Gasteiger partial charge in [0.2, 0.25) is 5.28 Å². The third kappa shape index (κ3) is 3.61. The van der Waals surface area contributed by atoms with Gasteiger partial charge in [-0.2, -0.15) is 4.98 Å². The maximum Gasteiger partial charge on any atom is 0.224 e. The molecule has 5 nitrogen and oxygen atoms in total. The van der Waals surface area contributed by atoms with Crippen molar-refractivity contribution in [1.29, 1.82) is 0 Å². The van der Waals surface area contributed by atoms with Gasteiger partial charge in [-0.25, -0.2) is 4.98 Å². The molecule has 3 aromatic rings. The van der Waals surface area contributed by atoms with Crippen LogP contribution in [0.4, 0.5) is 5.82 Å². The van der Waals surface area contributed by atoms with Gasteiger partial charge in [0.15, 0.2) is 11.5 Å². The summed E-state index contributed by atoms with van der Waals surface area (Å²) < 4.78 is 10.8. The molecule has 0 amide bonds. The first-order valence-corrected chi connectivity index (χ1v) is 8.42. The maximum absolute atomic E-state index is 6.18. The lowest BCUT2D eigenvalue weighted by molar-refractivity contribution is 0.356. The zero-order valence-electron chi connectivity index (χ0n) is 14.5. The smallest absolute Gasteiger partial charge is 0.224 e. The van der Waals surface area contributed by atoms with Gasteiger partial charge >= 0.3 is 0 Å². The number of ether oxygens (including phenoxy) is 2. The van der Waals surface area contributed by atoms with Gasteiger partial charge in [-0.15, -0.1) is 0 Å². The van der Waals surface area contributed by atoms with Crippen molar-refractivity contribution in [2.24, 2.45) is 0 Å². The third-order valence-corrected chi connectivity index (χ3v) is 4.22. The number of halogens is 1. The molecule has 0 atom stereocenters. The van der Waals surface area contributed by atoms with E-state index in [2.05, 4.69) is 33.9 Å². The molecular weight excluding hydrogens is 338 g/mol. The summed E-state index contributed by atoms with van der Waals surface area (Å²) in [5.74, 6) is 2.03. The summed E-state index contributed by atoms with van der Waals surface area (Å²) in [5, 5.41) is 1.08. The summed E-state index contributed by atoms with van der Waals surface area (Å²) in [6.07, 6.45) is 0. The van der Waals surface area contributed by atoms with Crippen molar-refractivity contribution in [3.63, 3.8) is 0 Å². The van der Waals surface area contributed by atoms with Crippen LogP contribution in [0.2, 0.25) is 5.28 Å². The van der Waals surface area contributed by atoms with Gasteiger partial charge in [0.1, 0.15) is 5.82 Å². The van der Waals surface area contributed by atoms with Crippen LogP contribution in [0.15, 0.2) is 42.5 Å². The number of hydrogen-bond donors (Lipinski definition) is 0. The van der Waals surface area contributed by atoms with Crippen LogP contribution in [0.5, 0.6) is 11.5 Å². The number of hydrogen-bond acceptors (Lipinski definition) is 5. The molecule has 0 fully saturated rings. The predicted molar refractivity (Wildman–Crippen MR) is 101 cm³/mol. The second-order valence-electron chi connectivity index (χ2n) is 5.54. The average Bonchev–Trinajstić information content (AvgIpc) is 2.65. The van der Waals surface area contributed by atoms with Crippen LogP contribution in [-0.4, -0.2) is 30.7 Å². The molecule has 0 saturated heterocycles. The molecular formula is C19H20ClN3O2. The maximum atomic E-state index is 6.18. The van der Waals surface area contributed by atoms with E-state index >= 15 is 0 Å². The second-order valence-corrected chi connectivity index (χ2v) is 5.88. The predicted octanol–water partition coefficient (Wildman–Crippen LogP) is 4.33. The number of anilines is 1. The van der Waals surface area contributed by atoms with Gasteiger partial charge in [0, 0.05) is 24.5 Å². The fourth-order valence-electron chi connectivity index (χ4n) is 2.79. The van der Waals surface area contributed by atoms with Gasteiger partial charge in [-0.1, -0.05) is 30.3 Å². The van der Waals surface area contributed by atoms with Crippen LogP contribution in [0.1, 0.15) is 12.5 Å². The SMILES string of the molecule is CCN(Cc1ccccc1)c1nc(Cl)nc2cc(OC)c(OC)cc12. The van der Waals surface area contributed by atoms with Crippen molar-refractivity contribution in [1.82, 2.24) is 9.97 Å². The Morgan fingerprint density at radius 2 is 1.68 bits per heavy atom. The molecule has 0 aliphatic carbocycles. The first-order chi connectivity index (χ1) is 12.2. The minimum Gasteiger partial charge on any atom is -0.493 e. The first-order valence-electron chi connectivity index (χ1n) is 8.04. The molecule has 0 saturated carbocycles. The second kappa shape index (κ2) is 7.57. The van der Waals surface area contributed by atoms with Crippen molar-refractivity contribution in [2.75, 3.05) is 25.7 Å². The lowest BCUT2D eigenvalue weighted by Gasteiger charge is -2.24. The minimum atomic E-state index is 0.209. The zero-order chi connectivity index (χ0) is 17.8. The van der Waals surface area contributed by atoms with Gasteiger partial charge in [0.05, 0.1) is 19.7 Å². The molecule has 2 aromatic carbocycles. The average molecular weight is 358 g/mol. The highest BCUT2D eigenvalue weighted by atomic mass is 35.5. The largest absolute Gasteiger partial charge is 0.493 e. The standard InChI is InChI=1S/C19H20ClN3O2/c1-4-23(12-13-8-6-5-7-9-13)18-14-10-16(24-2)17(25-3)11-15(14)21-19(20)22-18/h5-11H,4,12H2,1-3H3. The van der Waals surface area contributed by atoms with Crippen molar-refractivity contribution in [3.8, 4) is 11.5 Å². The molecule has 1 heterocycles. The molecule has 0 spiro atoms.